The second-order valence-electron chi connectivity index (χ2n) is 9.76. The summed E-state index contributed by atoms with van der Waals surface area (Å²) in [6, 6.07) is 6.17. The number of rotatable bonds is 5. The summed E-state index contributed by atoms with van der Waals surface area (Å²) in [5, 5.41) is 5.81. The molecule has 0 saturated heterocycles. The lowest BCUT2D eigenvalue weighted by Crippen LogP contribution is -2.48. The third-order valence-electron chi connectivity index (χ3n) is 7.53. The molecular formula is C23H30N2O2. The first-order chi connectivity index (χ1) is 13.1. The van der Waals surface area contributed by atoms with Crippen molar-refractivity contribution in [2.75, 3.05) is 11.9 Å². The third-order valence-corrected chi connectivity index (χ3v) is 7.53. The summed E-state index contributed by atoms with van der Waals surface area (Å²) in [6.07, 6.45) is 11.9. The Morgan fingerprint density at radius 1 is 0.926 bits per heavy atom. The van der Waals surface area contributed by atoms with E-state index < -0.39 is 0 Å². The predicted octanol–water partition coefficient (Wildman–Crippen LogP) is 3.84. The van der Waals surface area contributed by atoms with E-state index in [0.29, 0.717) is 6.42 Å². The number of amides is 2. The summed E-state index contributed by atoms with van der Waals surface area (Å²) in [5.74, 6) is 2.49. The van der Waals surface area contributed by atoms with Crippen LogP contribution in [0.3, 0.4) is 0 Å². The van der Waals surface area contributed by atoms with Crippen molar-refractivity contribution in [2.24, 2.45) is 23.2 Å². The van der Waals surface area contributed by atoms with E-state index >= 15 is 0 Å². The highest BCUT2D eigenvalue weighted by atomic mass is 16.2. The number of carbonyl (C=O) groups is 2. The molecule has 144 valence electrons. The smallest absolute Gasteiger partial charge is 0.243 e. The van der Waals surface area contributed by atoms with Gasteiger partial charge in [-0.15, -0.1) is 0 Å². The summed E-state index contributed by atoms with van der Waals surface area (Å²) in [7, 11) is 0. The number of aryl methyl sites for hydroxylation is 2. The summed E-state index contributed by atoms with van der Waals surface area (Å²) >= 11 is 0. The van der Waals surface area contributed by atoms with Crippen LogP contribution in [-0.4, -0.2) is 18.4 Å². The molecule has 0 unspecified atom stereocenters. The Labute approximate surface area is 161 Å². The van der Waals surface area contributed by atoms with Crippen LogP contribution in [0.25, 0.3) is 0 Å². The van der Waals surface area contributed by atoms with Crippen molar-refractivity contribution >= 4 is 17.5 Å². The van der Waals surface area contributed by atoms with E-state index in [0.717, 1.165) is 36.3 Å². The Balaban J connectivity index is 1.13. The molecule has 5 aliphatic rings. The number of anilines is 1. The molecule has 0 aromatic heterocycles. The summed E-state index contributed by atoms with van der Waals surface area (Å²) in [5.41, 5.74) is 3.82. The molecule has 4 fully saturated rings. The highest BCUT2D eigenvalue weighted by Crippen LogP contribution is 2.61. The number of benzene rings is 1. The van der Waals surface area contributed by atoms with Crippen LogP contribution in [0.4, 0.5) is 5.69 Å². The number of hydrogen-bond donors (Lipinski definition) is 2. The molecule has 0 spiro atoms. The molecule has 0 aliphatic heterocycles. The lowest BCUT2D eigenvalue weighted by Gasteiger charge is -2.56. The topological polar surface area (TPSA) is 58.2 Å². The first kappa shape index (κ1) is 17.3. The van der Waals surface area contributed by atoms with Gasteiger partial charge in [0.15, 0.2) is 0 Å². The average molecular weight is 367 g/mol. The van der Waals surface area contributed by atoms with Gasteiger partial charge < -0.3 is 10.6 Å². The molecule has 0 radical (unpaired) electrons. The van der Waals surface area contributed by atoms with Gasteiger partial charge in [-0.2, -0.15) is 0 Å². The monoisotopic (exact) mass is 366 g/mol. The maximum Gasteiger partial charge on any atom is 0.243 e. The normalized spacial score (nSPS) is 33.0. The maximum absolute atomic E-state index is 12.5. The molecule has 1 aromatic carbocycles. The molecular weight excluding hydrogens is 336 g/mol. The molecule has 27 heavy (non-hydrogen) atoms. The van der Waals surface area contributed by atoms with Crippen LogP contribution in [-0.2, 0) is 22.4 Å². The molecule has 4 nitrogen and oxygen atoms in total. The van der Waals surface area contributed by atoms with Gasteiger partial charge >= 0.3 is 0 Å². The minimum absolute atomic E-state index is 0.0565. The van der Waals surface area contributed by atoms with E-state index in [-0.39, 0.29) is 23.8 Å². The number of hydrogen-bond acceptors (Lipinski definition) is 2. The second kappa shape index (κ2) is 6.65. The molecule has 4 saturated carbocycles. The lowest BCUT2D eigenvalue weighted by molar-refractivity contribution is -0.131. The Morgan fingerprint density at radius 3 is 2.30 bits per heavy atom. The molecule has 1 aromatic rings. The summed E-state index contributed by atoms with van der Waals surface area (Å²) in [4.78, 5) is 24.8. The molecule has 0 heterocycles. The van der Waals surface area contributed by atoms with Crippen LogP contribution in [0.1, 0.15) is 62.5 Å². The first-order valence-corrected chi connectivity index (χ1v) is 10.8. The fourth-order valence-corrected chi connectivity index (χ4v) is 6.94. The maximum atomic E-state index is 12.5. The van der Waals surface area contributed by atoms with Crippen LogP contribution < -0.4 is 10.6 Å². The Bertz CT molecular complexity index is 734. The molecule has 0 atom stereocenters. The van der Waals surface area contributed by atoms with Gasteiger partial charge in [0.25, 0.3) is 0 Å². The highest BCUT2D eigenvalue weighted by molar-refractivity contribution is 5.94. The zero-order valence-electron chi connectivity index (χ0n) is 16.1. The van der Waals surface area contributed by atoms with Crippen LogP contribution in [0, 0.1) is 23.2 Å². The zero-order valence-corrected chi connectivity index (χ0v) is 16.1. The SMILES string of the molecule is O=C(CC12CC3CC(CC(C3)C1)C2)NCC(=O)Nc1ccc2c(c1)CCC2. The summed E-state index contributed by atoms with van der Waals surface area (Å²) < 4.78 is 0. The van der Waals surface area contributed by atoms with Gasteiger partial charge in [-0.3, -0.25) is 9.59 Å². The van der Waals surface area contributed by atoms with Crippen LogP contribution in [0.5, 0.6) is 0 Å². The largest absolute Gasteiger partial charge is 0.347 e. The average Bonchev–Trinajstić information content (AvgIpc) is 3.06. The van der Waals surface area contributed by atoms with Crippen molar-refractivity contribution in [3.63, 3.8) is 0 Å². The van der Waals surface area contributed by atoms with Gasteiger partial charge in [-0.25, -0.2) is 0 Å². The fourth-order valence-electron chi connectivity index (χ4n) is 6.94. The third kappa shape index (κ3) is 3.51. The molecule has 6 rings (SSSR count). The summed E-state index contributed by atoms with van der Waals surface area (Å²) in [6.45, 7) is 0.0717. The van der Waals surface area contributed by atoms with E-state index in [2.05, 4.69) is 22.8 Å². The van der Waals surface area contributed by atoms with Crippen LogP contribution >= 0.6 is 0 Å². The standard InChI is InChI=1S/C23H30N2O2/c26-21(13-23-10-15-6-16(11-23)8-17(7-15)12-23)24-14-22(27)25-20-5-4-18-2-1-3-19(18)9-20/h4-5,9,15-17H,1-3,6-8,10-14H2,(H,24,26)(H,25,27). The number of carbonyl (C=O) groups excluding carboxylic acids is 2. The number of fused-ring (bicyclic) bond motifs is 1. The Hall–Kier alpha value is -1.84. The predicted molar refractivity (Wildman–Crippen MR) is 105 cm³/mol. The van der Waals surface area contributed by atoms with Crippen LogP contribution in [0.2, 0.25) is 0 Å². The van der Waals surface area contributed by atoms with Gasteiger partial charge in [0.2, 0.25) is 11.8 Å². The van der Waals surface area contributed by atoms with Gasteiger partial charge in [-0.1, -0.05) is 6.07 Å². The second-order valence-corrected chi connectivity index (χ2v) is 9.76. The Kier molecular flexibility index (Phi) is 4.25. The first-order valence-electron chi connectivity index (χ1n) is 10.8. The van der Waals surface area contributed by atoms with E-state index in [1.165, 1.54) is 56.1 Å². The van der Waals surface area contributed by atoms with Crippen molar-refractivity contribution in [3.05, 3.63) is 29.3 Å². The molecule has 2 amide bonds. The van der Waals surface area contributed by atoms with Gasteiger partial charge in [0.1, 0.15) is 0 Å². The van der Waals surface area contributed by atoms with Crippen molar-refractivity contribution in [1.82, 2.24) is 5.32 Å². The fraction of sp³-hybridized carbons (Fsp3) is 0.652. The van der Waals surface area contributed by atoms with Crippen molar-refractivity contribution in [3.8, 4) is 0 Å². The van der Waals surface area contributed by atoms with E-state index in [9.17, 15) is 9.59 Å². The Morgan fingerprint density at radius 2 is 1.59 bits per heavy atom. The molecule has 2 N–H and O–H groups in total. The zero-order chi connectivity index (χ0) is 18.4. The van der Waals surface area contributed by atoms with Gasteiger partial charge in [-0.05, 0) is 104 Å². The lowest BCUT2D eigenvalue weighted by atomic mass is 9.49. The molecule has 4 heteroatoms. The minimum Gasteiger partial charge on any atom is -0.347 e. The number of nitrogens with one attached hydrogen (secondary N) is 2. The van der Waals surface area contributed by atoms with E-state index in [1.807, 2.05) is 6.07 Å². The molecule has 4 bridgehead atoms. The van der Waals surface area contributed by atoms with Crippen molar-refractivity contribution in [2.45, 2.75) is 64.2 Å². The quantitative estimate of drug-likeness (QED) is 0.832. The van der Waals surface area contributed by atoms with Gasteiger partial charge in [0.05, 0.1) is 6.54 Å². The van der Waals surface area contributed by atoms with Crippen molar-refractivity contribution in [1.29, 1.82) is 0 Å². The highest BCUT2D eigenvalue weighted by Gasteiger charge is 2.51. The van der Waals surface area contributed by atoms with E-state index in [4.69, 9.17) is 0 Å². The van der Waals surface area contributed by atoms with Crippen molar-refractivity contribution < 1.29 is 9.59 Å². The minimum atomic E-state index is -0.133. The van der Waals surface area contributed by atoms with Gasteiger partial charge in [0, 0.05) is 12.1 Å². The van der Waals surface area contributed by atoms with E-state index in [1.54, 1.807) is 0 Å². The molecule has 5 aliphatic carbocycles. The van der Waals surface area contributed by atoms with Crippen LogP contribution in [0.15, 0.2) is 18.2 Å².